The normalized spacial score (nSPS) is 12.6. The molecule has 0 aliphatic carbocycles. The summed E-state index contributed by atoms with van der Waals surface area (Å²) in [6.07, 6.45) is 2.67. The van der Waals surface area contributed by atoms with Crippen molar-refractivity contribution in [2.24, 2.45) is 0 Å². The molecule has 5 nitrogen and oxygen atoms in total. The van der Waals surface area contributed by atoms with Gasteiger partial charge in [0.05, 0.1) is 17.2 Å². The van der Waals surface area contributed by atoms with Gasteiger partial charge in [-0.2, -0.15) is 0 Å². The number of nitrogens with one attached hydrogen (secondary N) is 2. The minimum absolute atomic E-state index is 0.129. The van der Waals surface area contributed by atoms with E-state index in [9.17, 15) is 13.2 Å². The molecule has 3 rings (SSSR count). The second-order valence-corrected chi connectivity index (χ2v) is 10.7. The van der Waals surface area contributed by atoms with Gasteiger partial charge in [-0.05, 0) is 47.5 Å². The minimum Gasteiger partial charge on any atom is -0.340 e. The van der Waals surface area contributed by atoms with E-state index in [1.165, 1.54) is 16.9 Å². The molecule has 0 aliphatic rings. The van der Waals surface area contributed by atoms with E-state index in [1.807, 2.05) is 23.6 Å². The fraction of sp³-hybridized carbons (Fsp3) is 0.286. The van der Waals surface area contributed by atoms with Gasteiger partial charge in [-0.15, -0.1) is 22.7 Å². The third-order valence-corrected chi connectivity index (χ3v) is 7.25. The first-order chi connectivity index (χ1) is 13.9. The zero-order chi connectivity index (χ0) is 20.9. The van der Waals surface area contributed by atoms with Gasteiger partial charge < -0.3 is 5.32 Å². The van der Waals surface area contributed by atoms with Crippen molar-refractivity contribution in [1.82, 2.24) is 10.0 Å². The molecule has 0 bridgehead atoms. The maximum Gasteiger partial charge on any atom is 0.262 e. The Hall–Kier alpha value is -2.00. The molecular formula is C21H24N2O3S3. The average molecular weight is 449 g/mol. The summed E-state index contributed by atoms with van der Waals surface area (Å²) in [4.78, 5) is 15.5. The highest BCUT2D eigenvalue weighted by molar-refractivity contribution is 7.88. The highest BCUT2D eigenvalue weighted by Crippen LogP contribution is 2.27. The van der Waals surface area contributed by atoms with E-state index in [4.69, 9.17) is 0 Å². The Labute approximate surface area is 179 Å². The summed E-state index contributed by atoms with van der Waals surface area (Å²) >= 11 is 3.00. The average Bonchev–Trinajstić information content (AvgIpc) is 3.37. The second kappa shape index (κ2) is 9.67. The van der Waals surface area contributed by atoms with Crippen LogP contribution in [0.2, 0.25) is 0 Å². The maximum atomic E-state index is 12.9. The topological polar surface area (TPSA) is 75.3 Å². The predicted octanol–water partition coefficient (Wildman–Crippen LogP) is 3.98. The number of hydrogen-bond donors (Lipinski definition) is 2. The van der Waals surface area contributed by atoms with Crippen LogP contribution in [0, 0.1) is 0 Å². The van der Waals surface area contributed by atoms with Gasteiger partial charge in [0.1, 0.15) is 0 Å². The molecule has 2 N–H and O–H groups in total. The molecule has 0 saturated carbocycles. The van der Waals surface area contributed by atoms with Crippen LogP contribution < -0.4 is 10.0 Å². The third-order valence-electron chi connectivity index (χ3n) is 4.45. The summed E-state index contributed by atoms with van der Waals surface area (Å²) in [6.45, 7) is 2.44. The van der Waals surface area contributed by atoms with Crippen molar-refractivity contribution < 1.29 is 13.2 Å². The number of benzene rings is 1. The second-order valence-electron chi connectivity index (χ2n) is 6.70. The lowest BCUT2D eigenvalue weighted by molar-refractivity contribution is 0.0947. The lowest BCUT2D eigenvalue weighted by atomic mass is 10.0. The summed E-state index contributed by atoms with van der Waals surface area (Å²) in [7, 11) is -3.20. The Morgan fingerprint density at radius 1 is 1.10 bits per heavy atom. The molecule has 8 heteroatoms. The van der Waals surface area contributed by atoms with Crippen LogP contribution in [-0.2, 0) is 22.9 Å². The molecule has 2 heterocycles. The molecule has 0 radical (unpaired) electrons. The smallest absolute Gasteiger partial charge is 0.262 e. The van der Waals surface area contributed by atoms with Crippen molar-refractivity contribution in [3.8, 4) is 0 Å². The summed E-state index contributed by atoms with van der Waals surface area (Å²) in [5.41, 5.74) is 2.31. The van der Waals surface area contributed by atoms with Crippen molar-refractivity contribution in [3.05, 3.63) is 79.7 Å². The zero-order valence-corrected chi connectivity index (χ0v) is 18.8. The number of thiophene rings is 2. The molecule has 0 aliphatic heterocycles. The van der Waals surface area contributed by atoms with Crippen molar-refractivity contribution >= 4 is 38.6 Å². The fourth-order valence-corrected chi connectivity index (χ4v) is 5.10. The van der Waals surface area contributed by atoms with Crippen LogP contribution in [0.3, 0.4) is 0 Å². The van der Waals surface area contributed by atoms with Crippen LogP contribution in [0.4, 0.5) is 0 Å². The van der Waals surface area contributed by atoms with Gasteiger partial charge in [-0.3, -0.25) is 4.79 Å². The van der Waals surface area contributed by atoms with E-state index in [0.29, 0.717) is 17.8 Å². The van der Waals surface area contributed by atoms with Crippen LogP contribution in [0.25, 0.3) is 0 Å². The van der Waals surface area contributed by atoms with E-state index in [-0.39, 0.29) is 11.9 Å². The lowest BCUT2D eigenvalue weighted by Gasteiger charge is -2.18. The number of carbonyl (C=O) groups is 1. The van der Waals surface area contributed by atoms with Crippen LogP contribution >= 0.6 is 22.7 Å². The molecule has 1 unspecified atom stereocenters. The van der Waals surface area contributed by atoms with Crippen LogP contribution in [0.15, 0.2) is 53.9 Å². The molecule has 3 aromatic rings. The minimum atomic E-state index is -3.20. The lowest BCUT2D eigenvalue weighted by Crippen LogP contribution is -2.28. The molecule has 29 heavy (non-hydrogen) atoms. The Kier molecular flexibility index (Phi) is 7.23. The molecule has 2 aromatic heterocycles. The van der Waals surface area contributed by atoms with Gasteiger partial charge in [0, 0.05) is 16.3 Å². The van der Waals surface area contributed by atoms with E-state index < -0.39 is 10.0 Å². The van der Waals surface area contributed by atoms with Crippen LogP contribution in [0.5, 0.6) is 0 Å². The molecule has 1 atom stereocenters. The highest BCUT2D eigenvalue weighted by atomic mass is 32.2. The van der Waals surface area contributed by atoms with E-state index in [1.54, 1.807) is 17.4 Å². The fourth-order valence-electron chi connectivity index (χ4n) is 2.92. The molecule has 154 valence electrons. The zero-order valence-electron chi connectivity index (χ0n) is 16.3. The summed E-state index contributed by atoms with van der Waals surface area (Å²) in [5, 5.41) is 5.16. The van der Waals surface area contributed by atoms with Crippen molar-refractivity contribution in [2.75, 3.05) is 12.8 Å². The SMILES string of the molecule is CCc1ccc(C(NC(=O)c2ccc(CCNS(C)(=O)=O)s2)c2cccs2)cc1. The highest BCUT2D eigenvalue weighted by Gasteiger charge is 2.20. The summed E-state index contributed by atoms with van der Waals surface area (Å²) in [5.74, 6) is -0.129. The van der Waals surface area contributed by atoms with Gasteiger partial charge in [0.2, 0.25) is 10.0 Å². The Balaban J connectivity index is 1.72. The van der Waals surface area contributed by atoms with Gasteiger partial charge >= 0.3 is 0 Å². The van der Waals surface area contributed by atoms with Gasteiger partial charge in [-0.1, -0.05) is 37.3 Å². The Morgan fingerprint density at radius 2 is 1.86 bits per heavy atom. The molecule has 1 amide bonds. The molecule has 0 spiro atoms. The number of aryl methyl sites for hydroxylation is 1. The van der Waals surface area contributed by atoms with Crippen molar-refractivity contribution in [2.45, 2.75) is 25.8 Å². The number of amides is 1. The number of hydrogen-bond acceptors (Lipinski definition) is 5. The number of rotatable bonds is 9. The third kappa shape index (κ3) is 6.24. The monoisotopic (exact) mass is 448 g/mol. The van der Waals surface area contributed by atoms with Gasteiger partial charge in [0.25, 0.3) is 5.91 Å². The first-order valence-corrected chi connectivity index (χ1v) is 12.9. The van der Waals surface area contributed by atoms with E-state index >= 15 is 0 Å². The summed E-state index contributed by atoms with van der Waals surface area (Å²) < 4.78 is 24.8. The molecule has 1 aromatic carbocycles. The first kappa shape index (κ1) is 21.7. The van der Waals surface area contributed by atoms with Crippen molar-refractivity contribution in [3.63, 3.8) is 0 Å². The standard InChI is InChI=1S/C21H24N2O3S3/c1-3-15-6-8-16(9-7-15)20(18-5-4-14-27-18)23-21(24)19-11-10-17(28-19)12-13-22-29(2,25)26/h4-11,14,20,22H,3,12-13H2,1-2H3,(H,23,24). The maximum absolute atomic E-state index is 12.9. The largest absolute Gasteiger partial charge is 0.340 e. The quantitative estimate of drug-likeness (QED) is 0.520. The summed E-state index contributed by atoms with van der Waals surface area (Å²) in [6, 6.07) is 15.8. The van der Waals surface area contributed by atoms with Crippen LogP contribution in [0.1, 0.15) is 43.5 Å². The van der Waals surface area contributed by atoms with Crippen molar-refractivity contribution in [1.29, 1.82) is 0 Å². The Bertz CT molecular complexity index is 1040. The Morgan fingerprint density at radius 3 is 2.48 bits per heavy atom. The molecular weight excluding hydrogens is 424 g/mol. The first-order valence-electron chi connectivity index (χ1n) is 9.32. The number of sulfonamides is 1. The number of carbonyl (C=O) groups excluding carboxylic acids is 1. The van der Waals surface area contributed by atoms with Gasteiger partial charge in [-0.25, -0.2) is 13.1 Å². The van der Waals surface area contributed by atoms with E-state index in [2.05, 4.69) is 41.2 Å². The van der Waals surface area contributed by atoms with Crippen LogP contribution in [-0.4, -0.2) is 27.1 Å². The predicted molar refractivity (Wildman–Crippen MR) is 120 cm³/mol. The van der Waals surface area contributed by atoms with Gasteiger partial charge in [0.15, 0.2) is 0 Å². The molecule has 0 saturated heterocycles. The van der Waals surface area contributed by atoms with E-state index in [0.717, 1.165) is 28.0 Å². The molecule has 0 fully saturated rings.